The molecule has 3 N–H and O–H groups in total. The van der Waals surface area contributed by atoms with Gasteiger partial charge in [0.2, 0.25) is 0 Å². The highest BCUT2D eigenvalue weighted by molar-refractivity contribution is 5.96. The lowest BCUT2D eigenvalue weighted by Gasteiger charge is -2.40. The number of aliphatic hydroxyl groups excluding tert-OH is 1. The molecule has 1 saturated carbocycles. The molecule has 5 heteroatoms. The van der Waals surface area contributed by atoms with Crippen molar-refractivity contribution in [2.45, 2.75) is 31.7 Å². The minimum Gasteiger partial charge on any atom is -0.394 e. The number of carbonyl (C=O) groups is 2. The maximum Gasteiger partial charge on any atom is 0.319 e. The largest absolute Gasteiger partial charge is 0.394 e. The number of hydrogen-bond donors (Lipinski definition) is 3. The number of anilines is 1. The first-order valence-electron chi connectivity index (χ1n) is 6.36. The van der Waals surface area contributed by atoms with Crippen LogP contribution in [0.4, 0.5) is 10.5 Å². The van der Waals surface area contributed by atoms with E-state index in [9.17, 15) is 14.7 Å². The van der Waals surface area contributed by atoms with Crippen LogP contribution >= 0.6 is 0 Å². The summed E-state index contributed by atoms with van der Waals surface area (Å²) >= 11 is 0. The van der Waals surface area contributed by atoms with Crippen LogP contribution in [0.5, 0.6) is 0 Å². The van der Waals surface area contributed by atoms with Crippen LogP contribution in [-0.4, -0.2) is 29.1 Å². The molecule has 1 fully saturated rings. The van der Waals surface area contributed by atoms with Crippen molar-refractivity contribution < 1.29 is 14.7 Å². The Kier molecular flexibility index (Phi) is 3.85. The third-order valence-electron chi connectivity index (χ3n) is 3.52. The van der Waals surface area contributed by atoms with Crippen molar-refractivity contribution >= 4 is 17.5 Å². The summed E-state index contributed by atoms with van der Waals surface area (Å²) in [5.41, 5.74) is 0.651. The van der Waals surface area contributed by atoms with Gasteiger partial charge in [-0.05, 0) is 38.3 Å². The zero-order chi connectivity index (χ0) is 13.9. The average molecular weight is 262 g/mol. The Morgan fingerprint density at radius 1 is 1.37 bits per heavy atom. The number of ketones is 1. The number of rotatable bonds is 4. The van der Waals surface area contributed by atoms with Gasteiger partial charge >= 0.3 is 6.03 Å². The van der Waals surface area contributed by atoms with Gasteiger partial charge < -0.3 is 15.7 Å². The molecule has 0 atom stereocenters. The topological polar surface area (TPSA) is 78.4 Å². The predicted octanol–water partition coefficient (Wildman–Crippen LogP) is 1.93. The van der Waals surface area contributed by atoms with Crippen LogP contribution in [-0.2, 0) is 0 Å². The molecule has 0 aliphatic heterocycles. The Labute approximate surface area is 112 Å². The SMILES string of the molecule is CC(=O)c1cccc(NC(=O)NC2(CO)CCC2)c1. The summed E-state index contributed by atoms with van der Waals surface area (Å²) in [5.74, 6) is -0.0464. The van der Waals surface area contributed by atoms with Crippen LogP contribution in [0, 0.1) is 0 Å². The molecule has 2 rings (SSSR count). The van der Waals surface area contributed by atoms with E-state index in [2.05, 4.69) is 10.6 Å². The van der Waals surface area contributed by atoms with Gasteiger partial charge in [0.05, 0.1) is 12.1 Å². The average Bonchev–Trinajstić information content (AvgIpc) is 2.34. The summed E-state index contributed by atoms with van der Waals surface area (Å²) in [6.07, 6.45) is 2.61. The third-order valence-corrected chi connectivity index (χ3v) is 3.52. The maximum atomic E-state index is 11.8. The van der Waals surface area contributed by atoms with Crippen molar-refractivity contribution in [3.05, 3.63) is 29.8 Å². The molecule has 2 amide bonds. The predicted molar refractivity (Wildman–Crippen MR) is 72.3 cm³/mol. The quantitative estimate of drug-likeness (QED) is 0.725. The van der Waals surface area contributed by atoms with Crippen molar-refractivity contribution in [3.63, 3.8) is 0 Å². The van der Waals surface area contributed by atoms with Crippen molar-refractivity contribution in [3.8, 4) is 0 Å². The van der Waals surface area contributed by atoms with Crippen LogP contribution in [0.15, 0.2) is 24.3 Å². The molecule has 0 spiro atoms. The minimum atomic E-state index is -0.470. The first-order valence-corrected chi connectivity index (χ1v) is 6.36. The Balaban J connectivity index is 1.99. The monoisotopic (exact) mass is 262 g/mol. The molecule has 0 saturated heterocycles. The van der Waals surface area contributed by atoms with E-state index in [1.165, 1.54) is 6.92 Å². The molecule has 1 aromatic rings. The van der Waals surface area contributed by atoms with Crippen LogP contribution in [0.3, 0.4) is 0 Å². The van der Waals surface area contributed by atoms with Crippen LogP contribution in [0.1, 0.15) is 36.5 Å². The van der Waals surface area contributed by atoms with E-state index in [-0.39, 0.29) is 18.4 Å². The summed E-state index contributed by atoms with van der Waals surface area (Å²) in [6.45, 7) is 1.43. The van der Waals surface area contributed by atoms with Gasteiger partial charge in [-0.1, -0.05) is 12.1 Å². The Morgan fingerprint density at radius 3 is 2.63 bits per heavy atom. The first-order chi connectivity index (χ1) is 9.04. The van der Waals surface area contributed by atoms with E-state index in [1.54, 1.807) is 24.3 Å². The van der Waals surface area contributed by atoms with E-state index < -0.39 is 5.54 Å². The van der Waals surface area contributed by atoms with Crippen molar-refractivity contribution in [2.24, 2.45) is 0 Å². The molecular formula is C14H18N2O3. The molecule has 0 unspecified atom stereocenters. The van der Waals surface area contributed by atoms with Crippen molar-refractivity contribution in [2.75, 3.05) is 11.9 Å². The van der Waals surface area contributed by atoms with E-state index in [4.69, 9.17) is 0 Å². The summed E-state index contributed by atoms with van der Waals surface area (Å²) in [5, 5.41) is 14.8. The zero-order valence-corrected chi connectivity index (χ0v) is 10.9. The highest BCUT2D eigenvalue weighted by Crippen LogP contribution is 2.31. The van der Waals surface area contributed by atoms with Crippen molar-refractivity contribution in [1.82, 2.24) is 5.32 Å². The second kappa shape index (κ2) is 5.40. The number of benzene rings is 1. The smallest absolute Gasteiger partial charge is 0.319 e. The number of nitrogens with one attached hydrogen (secondary N) is 2. The summed E-state index contributed by atoms with van der Waals surface area (Å²) in [7, 11) is 0. The summed E-state index contributed by atoms with van der Waals surface area (Å²) in [4.78, 5) is 23.1. The Hall–Kier alpha value is -1.88. The van der Waals surface area contributed by atoms with Crippen LogP contribution in [0.2, 0.25) is 0 Å². The number of Topliss-reactive ketones (excluding diaryl/α,β-unsaturated/α-hetero) is 1. The van der Waals surface area contributed by atoms with Gasteiger partial charge in [0, 0.05) is 11.3 Å². The molecule has 0 heterocycles. The second-order valence-electron chi connectivity index (χ2n) is 5.01. The van der Waals surface area contributed by atoms with Gasteiger partial charge in [0.25, 0.3) is 0 Å². The summed E-state index contributed by atoms with van der Waals surface area (Å²) < 4.78 is 0. The lowest BCUT2D eigenvalue weighted by molar-refractivity contribution is 0.0983. The van der Waals surface area contributed by atoms with Gasteiger partial charge in [0.15, 0.2) is 5.78 Å². The number of hydrogen-bond acceptors (Lipinski definition) is 3. The molecule has 19 heavy (non-hydrogen) atoms. The van der Waals surface area contributed by atoms with Crippen LogP contribution in [0.25, 0.3) is 0 Å². The van der Waals surface area contributed by atoms with Gasteiger partial charge in [-0.25, -0.2) is 4.79 Å². The highest BCUT2D eigenvalue weighted by atomic mass is 16.3. The van der Waals surface area contributed by atoms with E-state index in [0.717, 1.165) is 19.3 Å². The minimum absolute atomic E-state index is 0.0464. The molecule has 0 radical (unpaired) electrons. The van der Waals surface area contributed by atoms with E-state index in [0.29, 0.717) is 11.3 Å². The molecular weight excluding hydrogens is 244 g/mol. The molecule has 1 aromatic carbocycles. The lowest BCUT2D eigenvalue weighted by atomic mass is 9.77. The van der Waals surface area contributed by atoms with Gasteiger partial charge in [-0.15, -0.1) is 0 Å². The van der Waals surface area contributed by atoms with Crippen LogP contribution < -0.4 is 10.6 Å². The second-order valence-corrected chi connectivity index (χ2v) is 5.01. The van der Waals surface area contributed by atoms with Gasteiger partial charge in [0.1, 0.15) is 0 Å². The zero-order valence-electron chi connectivity index (χ0n) is 10.9. The number of carbonyl (C=O) groups excluding carboxylic acids is 2. The molecule has 1 aliphatic carbocycles. The Morgan fingerprint density at radius 2 is 2.11 bits per heavy atom. The third kappa shape index (κ3) is 3.12. The van der Waals surface area contributed by atoms with E-state index in [1.807, 2.05) is 0 Å². The number of amides is 2. The fraction of sp³-hybridized carbons (Fsp3) is 0.429. The number of aliphatic hydroxyl groups is 1. The van der Waals surface area contributed by atoms with Gasteiger partial charge in [-0.2, -0.15) is 0 Å². The molecule has 5 nitrogen and oxygen atoms in total. The maximum absolute atomic E-state index is 11.8. The fourth-order valence-electron chi connectivity index (χ4n) is 2.15. The normalized spacial score (nSPS) is 16.3. The highest BCUT2D eigenvalue weighted by Gasteiger charge is 2.37. The van der Waals surface area contributed by atoms with E-state index >= 15 is 0 Å². The standard InChI is InChI=1S/C14H18N2O3/c1-10(18)11-4-2-5-12(8-11)15-13(19)16-14(9-17)6-3-7-14/h2,4-5,8,17H,3,6-7,9H2,1H3,(H2,15,16,19). The summed E-state index contributed by atoms with van der Waals surface area (Å²) in [6, 6.07) is 6.42. The molecule has 0 aromatic heterocycles. The lowest BCUT2D eigenvalue weighted by Crippen LogP contribution is -2.57. The molecule has 102 valence electrons. The first kappa shape index (κ1) is 13.5. The fourth-order valence-corrected chi connectivity index (χ4v) is 2.15. The van der Waals surface area contributed by atoms with Crippen molar-refractivity contribution in [1.29, 1.82) is 0 Å². The molecule has 1 aliphatic rings. The molecule has 0 bridgehead atoms. The number of urea groups is 1. The Bertz CT molecular complexity index is 490. The van der Waals surface area contributed by atoms with Gasteiger partial charge in [-0.3, -0.25) is 4.79 Å².